The van der Waals surface area contributed by atoms with Crippen LogP contribution in [0.5, 0.6) is 0 Å². The second-order valence-electron chi connectivity index (χ2n) is 6.55. The Kier molecular flexibility index (Phi) is 5.36. The van der Waals surface area contributed by atoms with Crippen LogP contribution < -0.4 is 15.5 Å². The molecule has 0 unspecified atom stereocenters. The maximum atomic E-state index is 12.5. The molecular formula is C19H17N5O3S2. The first-order valence-corrected chi connectivity index (χ1v) is 10.2. The average molecular weight is 428 g/mol. The standard InChI is InChI=1S/C19H17N5O3S2/c25-17(21-18(28)22-19-20-13-5-1-2-6-16(13)29-19)12-7-8-14(15(11-12)24(26)27)23-9-3-4-10-23/h1-2,5-8,11H,3-4,9-10H2,(H2,20,21,22,25,28). The first kappa shape index (κ1) is 19.2. The van der Waals surface area contributed by atoms with Crippen molar-refractivity contribution < 1.29 is 9.72 Å². The number of benzene rings is 2. The Morgan fingerprint density at radius 3 is 2.69 bits per heavy atom. The van der Waals surface area contributed by atoms with Gasteiger partial charge in [0.1, 0.15) is 5.69 Å². The van der Waals surface area contributed by atoms with Crippen molar-refractivity contribution >= 4 is 61.3 Å². The van der Waals surface area contributed by atoms with Crippen LogP contribution in [0.1, 0.15) is 23.2 Å². The Hall–Kier alpha value is -3.11. The third-order valence-electron chi connectivity index (χ3n) is 4.62. The van der Waals surface area contributed by atoms with Gasteiger partial charge in [-0.15, -0.1) is 0 Å². The van der Waals surface area contributed by atoms with Crippen LogP contribution in [0, 0.1) is 10.1 Å². The van der Waals surface area contributed by atoms with Gasteiger partial charge in [0, 0.05) is 24.7 Å². The van der Waals surface area contributed by atoms with Crippen molar-refractivity contribution in [3.05, 3.63) is 58.1 Å². The predicted molar refractivity (Wildman–Crippen MR) is 118 cm³/mol. The Morgan fingerprint density at radius 1 is 1.21 bits per heavy atom. The summed E-state index contributed by atoms with van der Waals surface area (Å²) in [5.74, 6) is -0.514. The first-order valence-electron chi connectivity index (χ1n) is 9.02. The number of thiocarbonyl (C=S) groups is 1. The molecule has 10 heteroatoms. The molecule has 148 valence electrons. The molecule has 1 amide bonds. The van der Waals surface area contributed by atoms with Gasteiger partial charge < -0.3 is 10.2 Å². The van der Waals surface area contributed by atoms with E-state index in [4.69, 9.17) is 12.2 Å². The van der Waals surface area contributed by atoms with E-state index in [2.05, 4.69) is 15.6 Å². The van der Waals surface area contributed by atoms with E-state index in [1.54, 1.807) is 12.1 Å². The number of thiazole rings is 1. The number of fused-ring (bicyclic) bond motifs is 1. The molecule has 1 aliphatic rings. The van der Waals surface area contributed by atoms with Crippen LogP contribution in [0.4, 0.5) is 16.5 Å². The lowest BCUT2D eigenvalue weighted by molar-refractivity contribution is -0.384. The summed E-state index contributed by atoms with van der Waals surface area (Å²) in [5.41, 5.74) is 1.47. The number of nitro benzene ring substituents is 1. The van der Waals surface area contributed by atoms with Crippen LogP contribution >= 0.6 is 23.6 Å². The summed E-state index contributed by atoms with van der Waals surface area (Å²) in [7, 11) is 0. The molecule has 0 spiro atoms. The van der Waals surface area contributed by atoms with Gasteiger partial charge in [-0.1, -0.05) is 23.5 Å². The lowest BCUT2D eigenvalue weighted by Crippen LogP contribution is -2.34. The normalized spacial score (nSPS) is 13.4. The summed E-state index contributed by atoms with van der Waals surface area (Å²) in [6.45, 7) is 1.56. The fourth-order valence-corrected chi connectivity index (χ4v) is 4.39. The SMILES string of the molecule is O=C(NC(=S)Nc1nc2ccccc2s1)c1ccc(N2CCCC2)c([N+](=O)[O-])c1. The van der Waals surface area contributed by atoms with E-state index in [0.717, 1.165) is 36.1 Å². The van der Waals surface area contributed by atoms with Crippen molar-refractivity contribution in [2.24, 2.45) is 0 Å². The highest BCUT2D eigenvalue weighted by Crippen LogP contribution is 2.31. The molecule has 1 aliphatic heterocycles. The molecule has 0 radical (unpaired) electrons. The number of nitro groups is 1. The van der Waals surface area contributed by atoms with Crippen LogP contribution in [0.2, 0.25) is 0 Å². The molecule has 0 aliphatic carbocycles. The predicted octanol–water partition coefficient (Wildman–Crippen LogP) is 3.93. The van der Waals surface area contributed by atoms with Gasteiger partial charge >= 0.3 is 0 Å². The quantitative estimate of drug-likeness (QED) is 0.370. The second-order valence-corrected chi connectivity index (χ2v) is 7.99. The van der Waals surface area contributed by atoms with Gasteiger partial charge in [0.2, 0.25) is 0 Å². The number of hydrogen-bond acceptors (Lipinski definition) is 7. The lowest BCUT2D eigenvalue weighted by Gasteiger charge is -2.17. The van der Waals surface area contributed by atoms with Crippen LogP contribution in [-0.2, 0) is 0 Å². The largest absolute Gasteiger partial charge is 0.366 e. The first-order chi connectivity index (χ1) is 14.0. The van der Waals surface area contributed by atoms with E-state index in [-0.39, 0.29) is 16.4 Å². The summed E-state index contributed by atoms with van der Waals surface area (Å²) in [6, 6.07) is 12.1. The van der Waals surface area contributed by atoms with Crippen LogP contribution in [-0.4, -0.2) is 34.0 Å². The summed E-state index contributed by atoms with van der Waals surface area (Å²) < 4.78 is 0.997. The zero-order valence-electron chi connectivity index (χ0n) is 15.3. The van der Waals surface area contributed by atoms with Gasteiger partial charge in [0.05, 0.1) is 15.1 Å². The molecule has 2 aromatic carbocycles. The van der Waals surface area contributed by atoms with Crippen molar-refractivity contribution in [1.82, 2.24) is 10.3 Å². The number of carbonyl (C=O) groups is 1. The minimum atomic E-state index is -0.514. The van der Waals surface area contributed by atoms with Gasteiger partial charge in [0.15, 0.2) is 10.2 Å². The number of carbonyl (C=O) groups excluding carboxylic acids is 1. The molecule has 1 aromatic heterocycles. The molecule has 0 atom stereocenters. The van der Waals surface area contributed by atoms with Crippen molar-refractivity contribution in [2.45, 2.75) is 12.8 Å². The smallest absolute Gasteiger partial charge is 0.293 e. The highest BCUT2D eigenvalue weighted by Gasteiger charge is 2.24. The third kappa shape index (κ3) is 4.17. The van der Waals surface area contributed by atoms with Crippen LogP contribution in [0.15, 0.2) is 42.5 Å². The topological polar surface area (TPSA) is 100 Å². The zero-order chi connectivity index (χ0) is 20.4. The van der Waals surface area contributed by atoms with Crippen molar-refractivity contribution in [1.29, 1.82) is 0 Å². The second kappa shape index (κ2) is 8.10. The molecule has 29 heavy (non-hydrogen) atoms. The van der Waals surface area contributed by atoms with E-state index in [1.807, 2.05) is 29.2 Å². The van der Waals surface area contributed by atoms with Crippen LogP contribution in [0.25, 0.3) is 10.2 Å². The summed E-state index contributed by atoms with van der Waals surface area (Å²) in [5, 5.41) is 17.6. The number of para-hydroxylation sites is 1. The van der Waals surface area contributed by atoms with E-state index >= 15 is 0 Å². The van der Waals surface area contributed by atoms with Crippen molar-refractivity contribution in [3.63, 3.8) is 0 Å². The highest BCUT2D eigenvalue weighted by molar-refractivity contribution is 7.80. The molecule has 1 fully saturated rings. The molecule has 3 aromatic rings. The minimum absolute atomic E-state index is 0.0791. The molecule has 4 rings (SSSR count). The van der Waals surface area contributed by atoms with E-state index in [0.29, 0.717) is 10.8 Å². The van der Waals surface area contributed by atoms with E-state index in [1.165, 1.54) is 17.4 Å². The summed E-state index contributed by atoms with van der Waals surface area (Å²) >= 11 is 6.61. The number of hydrogen-bond donors (Lipinski definition) is 2. The van der Waals surface area contributed by atoms with Crippen LogP contribution in [0.3, 0.4) is 0 Å². The molecule has 1 saturated heterocycles. The van der Waals surface area contributed by atoms with Gasteiger partial charge in [-0.25, -0.2) is 4.98 Å². The number of amides is 1. The number of anilines is 2. The van der Waals surface area contributed by atoms with Crippen molar-refractivity contribution in [2.75, 3.05) is 23.3 Å². The van der Waals surface area contributed by atoms with Gasteiger partial charge in [-0.05, 0) is 49.3 Å². The zero-order valence-corrected chi connectivity index (χ0v) is 16.9. The number of nitrogens with one attached hydrogen (secondary N) is 2. The van der Waals surface area contributed by atoms with E-state index in [9.17, 15) is 14.9 Å². The maximum Gasteiger partial charge on any atom is 0.293 e. The van der Waals surface area contributed by atoms with Gasteiger partial charge in [0.25, 0.3) is 11.6 Å². The third-order valence-corrected chi connectivity index (χ3v) is 5.78. The Labute approximate surface area is 175 Å². The molecule has 0 saturated carbocycles. The lowest BCUT2D eigenvalue weighted by atomic mass is 10.1. The minimum Gasteiger partial charge on any atom is -0.366 e. The molecule has 0 bridgehead atoms. The molecular weight excluding hydrogens is 410 g/mol. The molecule has 2 heterocycles. The highest BCUT2D eigenvalue weighted by atomic mass is 32.1. The summed E-state index contributed by atoms with van der Waals surface area (Å²) in [4.78, 5) is 30.0. The maximum absolute atomic E-state index is 12.5. The average Bonchev–Trinajstić information content (AvgIpc) is 3.36. The van der Waals surface area contributed by atoms with Gasteiger partial charge in [-0.2, -0.15) is 0 Å². The fraction of sp³-hybridized carbons (Fsp3) is 0.211. The number of aromatic nitrogens is 1. The van der Waals surface area contributed by atoms with Crippen molar-refractivity contribution in [3.8, 4) is 0 Å². The molecule has 8 nitrogen and oxygen atoms in total. The molecule has 2 N–H and O–H groups in total. The van der Waals surface area contributed by atoms with E-state index < -0.39 is 10.8 Å². The Balaban J connectivity index is 1.47. The number of nitrogens with zero attached hydrogens (tertiary/aromatic N) is 3. The Bertz CT molecular complexity index is 1080. The fourth-order valence-electron chi connectivity index (χ4n) is 3.27. The number of rotatable bonds is 4. The Morgan fingerprint density at radius 2 is 1.97 bits per heavy atom. The van der Waals surface area contributed by atoms with Gasteiger partial charge in [-0.3, -0.25) is 20.2 Å². The monoisotopic (exact) mass is 427 g/mol. The summed E-state index contributed by atoms with van der Waals surface area (Å²) in [6.07, 6.45) is 2.01.